The molecule has 1 aliphatic rings. The average Bonchev–Trinajstić information content (AvgIpc) is 2.88. The minimum Gasteiger partial charge on any atom is -0.352 e. The number of rotatable bonds is 3. The first-order valence-electron chi connectivity index (χ1n) is 6.63. The van der Waals surface area contributed by atoms with Crippen LogP contribution in [0.3, 0.4) is 0 Å². The second kappa shape index (κ2) is 6.51. The summed E-state index contributed by atoms with van der Waals surface area (Å²) in [5, 5.41) is 5.67. The van der Waals surface area contributed by atoms with Crippen LogP contribution in [0.25, 0.3) is 0 Å². The van der Waals surface area contributed by atoms with Crippen LogP contribution in [0, 0.1) is 4.64 Å². The van der Waals surface area contributed by atoms with Crippen LogP contribution in [0.2, 0.25) is 0 Å². The topological polar surface area (TPSA) is 77.2 Å². The maximum absolute atomic E-state index is 12.1. The van der Waals surface area contributed by atoms with Crippen LogP contribution in [0.5, 0.6) is 0 Å². The molecule has 1 aromatic rings. The van der Waals surface area contributed by atoms with Gasteiger partial charge in [0.15, 0.2) is 0 Å². The van der Waals surface area contributed by atoms with Gasteiger partial charge in [0.1, 0.15) is 4.64 Å². The Balaban J connectivity index is 1.92. The Kier molecular flexibility index (Phi) is 4.73. The molecule has 20 heavy (non-hydrogen) atoms. The Hall–Kier alpha value is -1.89. The van der Waals surface area contributed by atoms with Gasteiger partial charge >= 0.3 is 6.03 Å². The van der Waals surface area contributed by atoms with E-state index in [9.17, 15) is 9.59 Å². The van der Waals surface area contributed by atoms with E-state index in [0.29, 0.717) is 29.8 Å². The number of hydrogen-bond acceptors (Lipinski definition) is 3. The smallest absolute Gasteiger partial charge is 0.317 e. The third kappa shape index (κ3) is 3.36. The minimum absolute atomic E-state index is 0.0280. The lowest BCUT2D eigenvalue weighted by Crippen LogP contribution is -2.42. The van der Waals surface area contributed by atoms with Crippen molar-refractivity contribution >= 4 is 24.2 Å². The maximum Gasteiger partial charge on any atom is 0.317 e. The van der Waals surface area contributed by atoms with Gasteiger partial charge in [-0.05, 0) is 25.5 Å². The second-order valence-corrected chi connectivity index (χ2v) is 5.06. The standard InChI is InChI=1S/C13H18N4O2S/c1-2-14-13(19)17-7-5-9(8-17)16-11(18)10-4-3-6-15-12(10)20/h3-4,6,9H,2,5,7-8H2,1H3,(H,14,19)(H,15,20)(H,16,18)/t9-/m0/s1. The van der Waals surface area contributed by atoms with Crippen LogP contribution in [0.4, 0.5) is 4.79 Å². The summed E-state index contributed by atoms with van der Waals surface area (Å²) in [4.78, 5) is 28.3. The molecule has 1 aliphatic heterocycles. The number of likely N-dealkylation sites (tertiary alicyclic amines) is 1. The molecule has 0 radical (unpaired) electrons. The predicted octanol–water partition coefficient (Wildman–Crippen LogP) is 1.28. The monoisotopic (exact) mass is 294 g/mol. The van der Waals surface area contributed by atoms with Crippen molar-refractivity contribution in [1.29, 1.82) is 0 Å². The van der Waals surface area contributed by atoms with Gasteiger partial charge in [0, 0.05) is 31.9 Å². The molecule has 0 spiro atoms. The van der Waals surface area contributed by atoms with E-state index in [2.05, 4.69) is 15.6 Å². The third-order valence-electron chi connectivity index (χ3n) is 3.20. The zero-order valence-corrected chi connectivity index (χ0v) is 12.1. The molecule has 0 aromatic carbocycles. The fraction of sp³-hybridized carbons (Fsp3) is 0.462. The van der Waals surface area contributed by atoms with Gasteiger partial charge < -0.3 is 20.5 Å². The van der Waals surface area contributed by atoms with Crippen molar-refractivity contribution in [1.82, 2.24) is 20.5 Å². The van der Waals surface area contributed by atoms with Gasteiger partial charge in [-0.1, -0.05) is 12.2 Å². The van der Waals surface area contributed by atoms with Gasteiger partial charge in [0.2, 0.25) is 0 Å². The molecule has 0 aliphatic carbocycles. The van der Waals surface area contributed by atoms with Crippen molar-refractivity contribution in [3.05, 3.63) is 28.5 Å². The van der Waals surface area contributed by atoms with Crippen LogP contribution < -0.4 is 10.6 Å². The largest absolute Gasteiger partial charge is 0.352 e. The fourth-order valence-electron chi connectivity index (χ4n) is 2.19. The molecule has 2 rings (SSSR count). The van der Waals surface area contributed by atoms with Gasteiger partial charge in [-0.3, -0.25) is 4.79 Å². The Morgan fingerprint density at radius 2 is 2.35 bits per heavy atom. The van der Waals surface area contributed by atoms with E-state index in [0.717, 1.165) is 6.42 Å². The number of nitrogens with zero attached hydrogens (tertiary/aromatic N) is 1. The number of hydrogen-bond donors (Lipinski definition) is 3. The van der Waals surface area contributed by atoms with Crippen molar-refractivity contribution < 1.29 is 9.59 Å². The van der Waals surface area contributed by atoms with Gasteiger partial charge in [0.05, 0.1) is 5.56 Å². The Labute approximate surface area is 122 Å². The van der Waals surface area contributed by atoms with Gasteiger partial charge in [-0.15, -0.1) is 0 Å². The average molecular weight is 294 g/mol. The summed E-state index contributed by atoms with van der Waals surface area (Å²) in [6.07, 6.45) is 2.44. The second-order valence-electron chi connectivity index (χ2n) is 4.65. The fourth-order valence-corrected chi connectivity index (χ4v) is 2.42. The van der Waals surface area contributed by atoms with Crippen molar-refractivity contribution in [2.45, 2.75) is 19.4 Å². The highest BCUT2D eigenvalue weighted by Gasteiger charge is 2.27. The minimum atomic E-state index is -0.199. The molecule has 1 fully saturated rings. The lowest BCUT2D eigenvalue weighted by molar-refractivity contribution is 0.0937. The number of amides is 3. The van der Waals surface area contributed by atoms with Crippen LogP contribution >= 0.6 is 12.2 Å². The van der Waals surface area contributed by atoms with E-state index in [1.165, 1.54) is 0 Å². The van der Waals surface area contributed by atoms with E-state index in [1.807, 2.05) is 6.92 Å². The number of pyridine rings is 1. The molecule has 3 amide bonds. The zero-order chi connectivity index (χ0) is 14.5. The van der Waals surface area contributed by atoms with Crippen molar-refractivity contribution in [3.63, 3.8) is 0 Å². The summed E-state index contributed by atoms with van der Waals surface area (Å²) < 4.78 is 0.420. The molecule has 6 nitrogen and oxygen atoms in total. The number of nitrogens with one attached hydrogen (secondary N) is 3. The number of aromatic nitrogens is 1. The van der Waals surface area contributed by atoms with E-state index >= 15 is 0 Å². The molecule has 7 heteroatoms. The van der Waals surface area contributed by atoms with E-state index in [1.54, 1.807) is 23.2 Å². The third-order valence-corrected chi connectivity index (χ3v) is 3.54. The SMILES string of the molecule is CCNC(=O)N1CC[C@H](NC(=O)c2ccc[nH]c2=S)C1. The lowest BCUT2D eigenvalue weighted by atomic mass is 10.2. The highest BCUT2D eigenvalue weighted by atomic mass is 32.1. The molecule has 1 saturated heterocycles. The normalized spacial score (nSPS) is 17.9. The Morgan fingerprint density at radius 3 is 3.05 bits per heavy atom. The first-order valence-corrected chi connectivity index (χ1v) is 7.04. The summed E-state index contributed by atoms with van der Waals surface area (Å²) >= 11 is 5.08. The quantitative estimate of drug-likeness (QED) is 0.735. The molecule has 1 aromatic heterocycles. The molecule has 2 heterocycles. The van der Waals surface area contributed by atoms with Crippen LogP contribution in [-0.2, 0) is 0 Å². The van der Waals surface area contributed by atoms with E-state index in [4.69, 9.17) is 12.2 Å². The molecule has 1 atom stereocenters. The van der Waals surface area contributed by atoms with Crippen LogP contribution in [0.15, 0.2) is 18.3 Å². The highest BCUT2D eigenvalue weighted by Crippen LogP contribution is 2.10. The first kappa shape index (κ1) is 14.5. The number of H-pyrrole nitrogens is 1. The van der Waals surface area contributed by atoms with Gasteiger partial charge in [-0.2, -0.15) is 0 Å². The number of carbonyl (C=O) groups excluding carboxylic acids is 2. The predicted molar refractivity (Wildman–Crippen MR) is 78.1 cm³/mol. The Bertz CT molecular complexity index is 557. The van der Waals surface area contributed by atoms with Crippen molar-refractivity contribution in [3.8, 4) is 0 Å². The molecule has 0 unspecified atom stereocenters. The molecule has 3 N–H and O–H groups in total. The zero-order valence-electron chi connectivity index (χ0n) is 11.3. The Morgan fingerprint density at radius 1 is 1.55 bits per heavy atom. The maximum atomic E-state index is 12.1. The summed E-state index contributed by atoms with van der Waals surface area (Å²) in [5.74, 6) is -0.199. The van der Waals surface area contributed by atoms with Gasteiger partial charge in [-0.25, -0.2) is 4.79 Å². The molecule has 0 bridgehead atoms. The highest BCUT2D eigenvalue weighted by molar-refractivity contribution is 7.71. The number of aromatic amines is 1. The molecule has 108 valence electrons. The van der Waals surface area contributed by atoms with Crippen LogP contribution in [-0.4, -0.2) is 47.5 Å². The molecular formula is C13H18N4O2S. The summed E-state index contributed by atoms with van der Waals surface area (Å²) in [6, 6.07) is 3.31. The van der Waals surface area contributed by atoms with E-state index < -0.39 is 0 Å². The molecular weight excluding hydrogens is 276 g/mol. The first-order chi connectivity index (χ1) is 9.61. The summed E-state index contributed by atoms with van der Waals surface area (Å²) in [5.41, 5.74) is 0.457. The van der Waals surface area contributed by atoms with Crippen molar-refractivity contribution in [2.75, 3.05) is 19.6 Å². The van der Waals surface area contributed by atoms with Gasteiger partial charge in [0.25, 0.3) is 5.91 Å². The number of urea groups is 1. The van der Waals surface area contributed by atoms with E-state index in [-0.39, 0.29) is 18.0 Å². The summed E-state index contributed by atoms with van der Waals surface area (Å²) in [6.45, 7) is 3.66. The van der Waals surface area contributed by atoms with Crippen molar-refractivity contribution in [2.24, 2.45) is 0 Å². The molecule has 0 saturated carbocycles. The number of carbonyl (C=O) groups is 2. The lowest BCUT2D eigenvalue weighted by Gasteiger charge is -2.17. The van der Waals surface area contributed by atoms with Crippen LogP contribution in [0.1, 0.15) is 23.7 Å². The summed E-state index contributed by atoms with van der Waals surface area (Å²) in [7, 11) is 0.